The largest absolute Gasteiger partial charge is 0.455 e. The van der Waals surface area contributed by atoms with Crippen LogP contribution in [0, 0.1) is 0 Å². The van der Waals surface area contributed by atoms with E-state index < -0.39 is 18.1 Å². The normalized spacial score (nSPS) is 14.0. The van der Waals surface area contributed by atoms with E-state index in [0.717, 1.165) is 12.1 Å². The van der Waals surface area contributed by atoms with E-state index in [4.69, 9.17) is 5.73 Å². The molecule has 0 spiro atoms. The second-order valence-corrected chi connectivity index (χ2v) is 5.13. The van der Waals surface area contributed by atoms with Gasteiger partial charge in [-0.2, -0.15) is 22.0 Å². The van der Waals surface area contributed by atoms with Gasteiger partial charge >= 0.3 is 12.1 Å². The van der Waals surface area contributed by atoms with Crippen molar-refractivity contribution < 1.29 is 22.0 Å². The van der Waals surface area contributed by atoms with Crippen molar-refractivity contribution in [3.8, 4) is 0 Å². The first kappa shape index (κ1) is 18.1. The standard InChI is InChI=1S/C9H6Br2F5N.ClH/c10-5-1-4(2-6(11)3-5)7(17)8(12,13)9(14,15)16;/h1-3,7H,17H2;1H/t7-;/m0./s1. The van der Waals surface area contributed by atoms with Crippen molar-refractivity contribution in [2.24, 2.45) is 5.73 Å². The van der Waals surface area contributed by atoms with Crippen LogP contribution < -0.4 is 5.73 Å². The van der Waals surface area contributed by atoms with Crippen molar-refractivity contribution in [2.45, 2.75) is 18.1 Å². The Kier molecular flexibility index (Phi) is 6.05. The van der Waals surface area contributed by atoms with E-state index >= 15 is 0 Å². The predicted octanol–water partition coefficient (Wildman–Crippen LogP) is 4.83. The van der Waals surface area contributed by atoms with Gasteiger partial charge < -0.3 is 5.73 Å². The Morgan fingerprint density at radius 2 is 1.33 bits per heavy atom. The lowest BCUT2D eigenvalue weighted by Crippen LogP contribution is -2.45. The molecule has 1 aromatic rings. The van der Waals surface area contributed by atoms with E-state index in [1.807, 2.05) is 0 Å². The van der Waals surface area contributed by atoms with Crippen molar-refractivity contribution in [3.05, 3.63) is 32.7 Å². The van der Waals surface area contributed by atoms with E-state index in [1.54, 1.807) is 0 Å². The molecule has 0 bridgehead atoms. The Hall–Kier alpha value is 0.0800. The molecule has 2 N–H and O–H groups in total. The number of halogens is 8. The zero-order valence-electron chi connectivity index (χ0n) is 8.44. The molecule has 0 aromatic heterocycles. The molecule has 1 aromatic carbocycles. The van der Waals surface area contributed by atoms with Gasteiger partial charge in [0.2, 0.25) is 0 Å². The maximum Gasteiger partial charge on any atom is 0.455 e. The van der Waals surface area contributed by atoms with Crippen LogP contribution in [0.15, 0.2) is 27.1 Å². The lowest BCUT2D eigenvalue weighted by molar-refractivity contribution is -0.291. The Morgan fingerprint density at radius 3 is 1.67 bits per heavy atom. The fraction of sp³-hybridized carbons (Fsp3) is 0.333. The van der Waals surface area contributed by atoms with Crippen molar-refractivity contribution in [3.63, 3.8) is 0 Å². The van der Waals surface area contributed by atoms with Crippen LogP contribution >= 0.6 is 44.3 Å². The summed E-state index contributed by atoms with van der Waals surface area (Å²) in [5, 5.41) is 0. The van der Waals surface area contributed by atoms with Crippen LogP contribution in [0.3, 0.4) is 0 Å². The fourth-order valence-corrected chi connectivity index (χ4v) is 2.47. The number of alkyl halides is 5. The molecule has 9 heteroatoms. The SMILES string of the molecule is Cl.N[C@@H](c1cc(Br)cc(Br)c1)C(F)(F)C(F)(F)F. The van der Waals surface area contributed by atoms with Crippen LogP contribution in [-0.2, 0) is 0 Å². The zero-order valence-corrected chi connectivity index (χ0v) is 12.4. The zero-order chi connectivity index (χ0) is 13.4. The van der Waals surface area contributed by atoms with Crippen LogP contribution in [0.2, 0.25) is 0 Å². The number of hydrogen-bond acceptors (Lipinski definition) is 1. The van der Waals surface area contributed by atoms with Crippen LogP contribution in [0.4, 0.5) is 22.0 Å². The minimum Gasteiger partial charge on any atom is -0.319 e. The quantitative estimate of drug-likeness (QED) is 0.683. The lowest BCUT2D eigenvalue weighted by Gasteiger charge is -2.26. The highest BCUT2D eigenvalue weighted by molar-refractivity contribution is 9.11. The van der Waals surface area contributed by atoms with Gasteiger partial charge in [0.15, 0.2) is 0 Å². The molecule has 1 rings (SSSR count). The van der Waals surface area contributed by atoms with Crippen molar-refractivity contribution in [1.82, 2.24) is 0 Å². The second kappa shape index (κ2) is 6.02. The summed E-state index contributed by atoms with van der Waals surface area (Å²) < 4.78 is 63.1. The molecule has 0 aliphatic carbocycles. The molecule has 0 radical (unpaired) electrons. The van der Waals surface area contributed by atoms with Crippen LogP contribution in [-0.4, -0.2) is 12.1 Å². The average molecular weight is 419 g/mol. The van der Waals surface area contributed by atoms with Gasteiger partial charge in [0.05, 0.1) is 0 Å². The third-order valence-corrected chi connectivity index (χ3v) is 2.93. The van der Waals surface area contributed by atoms with Crippen LogP contribution in [0.1, 0.15) is 11.6 Å². The molecule has 0 aliphatic rings. The van der Waals surface area contributed by atoms with Crippen molar-refractivity contribution >= 4 is 44.3 Å². The molecule has 1 atom stereocenters. The maximum absolute atomic E-state index is 13.0. The van der Waals surface area contributed by atoms with Gasteiger partial charge in [-0.05, 0) is 23.8 Å². The van der Waals surface area contributed by atoms with Gasteiger partial charge in [-0.15, -0.1) is 12.4 Å². The molecular weight excluding hydrogens is 412 g/mol. The molecule has 0 saturated heterocycles. The van der Waals surface area contributed by atoms with E-state index in [9.17, 15) is 22.0 Å². The Labute approximate surface area is 123 Å². The minimum atomic E-state index is -5.68. The van der Waals surface area contributed by atoms with Crippen molar-refractivity contribution in [1.29, 1.82) is 0 Å². The number of rotatable bonds is 2. The summed E-state index contributed by atoms with van der Waals surface area (Å²) in [6.45, 7) is 0. The van der Waals surface area contributed by atoms with E-state index in [-0.39, 0.29) is 18.0 Å². The summed E-state index contributed by atoms with van der Waals surface area (Å²) in [6, 6.07) is 1.29. The van der Waals surface area contributed by atoms with Crippen molar-refractivity contribution in [2.75, 3.05) is 0 Å². The van der Waals surface area contributed by atoms with Gasteiger partial charge in [-0.25, -0.2) is 0 Å². The van der Waals surface area contributed by atoms with E-state index in [0.29, 0.717) is 8.95 Å². The first-order chi connectivity index (χ1) is 7.55. The first-order valence-corrected chi connectivity index (χ1v) is 5.80. The monoisotopic (exact) mass is 417 g/mol. The third kappa shape index (κ3) is 3.79. The topological polar surface area (TPSA) is 26.0 Å². The average Bonchev–Trinajstić information content (AvgIpc) is 2.13. The molecule has 0 fully saturated rings. The molecule has 0 unspecified atom stereocenters. The molecule has 18 heavy (non-hydrogen) atoms. The van der Waals surface area contributed by atoms with Crippen LogP contribution in [0.5, 0.6) is 0 Å². The fourth-order valence-electron chi connectivity index (χ4n) is 1.14. The van der Waals surface area contributed by atoms with Gasteiger partial charge in [-0.1, -0.05) is 31.9 Å². The van der Waals surface area contributed by atoms with E-state index in [1.165, 1.54) is 6.07 Å². The molecular formula is C9H7Br2ClF5N. The highest BCUT2D eigenvalue weighted by atomic mass is 79.9. The molecule has 104 valence electrons. The minimum absolute atomic E-state index is 0. The summed E-state index contributed by atoms with van der Waals surface area (Å²) in [5.41, 5.74) is 4.67. The Bertz CT molecular complexity index is 404. The lowest BCUT2D eigenvalue weighted by atomic mass is 10.0. The van der Waals surface area contributed by atoms with Gasteiger partial charge in [0.1, 0.15) is 6.04 Å². The highest BCUT2D eigenvalue weighted by Crippen LogP contribution is 2.43. The maximum atomic E-state index is 13.0. The van der Waals surface area contributed by atoms with E-state index in [2.05, 4.69) is 31.9 Å². The molecule has 1 nitrogen and oxygen atoms in total. The Balaban J connectivity index is 0.00000289. The summed E-state index contributed by atoms with van der Waals surface area (Å²) in [6.07, 6.45) is -5.68. The van der Waals surface area contributed by atoms with Crippen LogP contribution in [0.25, 0.3) is 0 Å². The molecule has 0 saturated carbocycles. The molecule has 0 aliphatic heterocycles. The summed E-state index contributed by atoms with van der Waals surface area (Å²) >= 11 is 5.97. The third-order valence-electron chi connectivity index (χ3n) is 2.01. The number of hydrogen-bond donors (Lipinski definition) is 1. The second-order valence-electron chi connectivity index (χ2n) is 3.30. The first-order valence-electron chi connectivity index (χ1n) is 4.22. The summed E-state index contributed by atoms with van der Waals surface area (Å²) in [7, 11) is 0. The molecule has 0 amide bonds. The summed E-state index contributed by atoms with van der Waals surface area (Å²) in [5.74, 6) is -4.98. The summed E-state index contributed by atoms with van der Waals surface area (Å²) in [4.78, 5) is 0. The highest BCUT2D eigenvalue weighted by Gasteiger charge is 2.61. The molecule has 0 heterocycles. The van der Waals surface area contributed by atoms with Gasteiger partial charge in [-0.3, -0.25) is 0 Å². The Morgan fingerprint density at radius 1 is 0.944 bits per heavy atom. The smallest absolute Gasteiger partial charge is 0.319 e. The predicted molar refractivity (Wildman–Crippen MR) is 67.0 cm³/mol. The van der Waals surface area contributed by atoms with Gasteiger partial charge in [0, 0.05) is 8.95 Å². The number of nitrogens with two attached hydrogens (primary N) is 1. The van der Waals surface area contributed by atoms with Gasteiger partial charge in [0.25, 0.3) is 0 Å². The number of benzene rings is 1.